The van der Waals surface area contributed by atoms with Crippen molar-refractivity contribution in [1.29, 1.82) is 0 Å². The minimum absolute atomic E-state index is 0.140. The first-order valence-electron chi connectivity index (χ1n) is 6.37. The van der Waals surface area contributed by atoms with Gasteiger partial charge in [-0.15, -0.1) is 0 Å². The van der Waals surface area contributed by atoms with Gasteiger partial charge in [-0.25, -0.2) is 4.98 Å². The third kappa shape index (κ3) is 2.52. The summed E-state index contributed by atoms with van der Waals surface area (Å²) in [7, 11) is 1.89. The van der Waals surface area contributed by atoms with E-state index < -0.39 is 0 Å². The van der Waals surface area contributed by atoms with E-state index >= 15 is 0 Å². The minimum Gasteiger partial charge on any atom is -0.393 e. The Morgan fingerprint density at radius 2 is 2.20 bits per heavy atom. The van der Waals surface area contributed by atoms with Gasteiger partial charge in [0.15, 0.2) is 0 Å². The molecule has 0 atom stereocenters. The average Bonchev–Trinajstić information content (AvgIpc) is 2.90. The number of rotatable bonds is 4. The SMILES string of the molecule is CN(CC1CC(O)C1)c1nc(N)nc(-n2cncn2)n1. The van der Waals surface area contributed by atoms with E-state index in [9.17, 15) is 5.11 Å². The molecule has 0 unspecified atom stereocenters. The predicted octanol–water partition coefficient (Wildman–Crippen LogP) is -0.758. The molecule has 2 aromatic heterocycles. The summed E-state index contributed by atoms with van der Waals surface area (Å²) in [4.78, 5) is 18.3. The van der Waals surface area contributed by atoms with Gasteiger partial charge in [0.2, 0.25) is 11.9 Å². The highest BCUT2D eigenvalue weighted by atomic mass is 16.3. The van der Waals surface area contributed by atoms with E-state index in [1.165, 1.54) is 17.3 Å². The van der Waals surface area contributed by atoms with Crippen LogP contribution in [0.3, 0.4) is 0 Å². The first kappa shape index (κ1) is 12.7. The normalized spacial score (nSPS) is 21.5. The lowest BCUT2D eigenvalue weighted by molar-refractivity contribution is 0.0463. The molecule has 0 radical (unpaired) electrons. The molecular weight excluding hydrogens is 260 g/mol. The van der Waals surface area contributed by atoms with Crippen LogP contribution in [-0.4, -0.2) is 54.5 Å². The maximum absolute atomic E-state index is 9.32. The number of aliphatic hydroxyl groups is 1. The Kier molecular flexibility index (Phi) is 3.18. The third-order valence-electron chi connectivity index (χ3n) is 3.34. The molecule has 1 aliphatic carbocycles. The zero-order valence-electron chi connectivity index (χ0n) is 11.1. The molecule has 9 heteroatoms. The largest absolute Gasteiger partial charge is 0.393 e. The fourth-order valence-corrected chi connectivity index (χ4v) is 2.27. The van der Waals surface area contributed by atoms with Gasteiger partial charge in [0.25, 0.3) is 5.95 Å². The summed E-state index contributed by atoms with van der Waals surface area (Å²) < 4.78 is 1.43. The van der Waals surface area contributed by atoms with Crippen molar-refractivity contribution in [2.45, 2.75) is 18.9 Å². The van der Waals surface area contributed by atoms with Gasteiger partial charge in [-0.2, -0.15) is 24.7 Å². The number of anilines is 2. The standard InChI is InChI=1S/C11H16N8O/c1-18(4-7-2-8(20)3-7)10-15-9(12)16-11(17-10)19-6-13-5-14-19/h5-8,20H,2-4H2,1H3,(H2,12,15,16,17). The second kappa shape index (κ2) is 5.00. The van der Waals surface area contributed by atoms with Gasteiger partial charge in [-0.1, -0.05) is 0 Å². The average molecular weight is 276 g/mol. The van der Waals surface area contributed by atoms with Crippen molar-refractivity contribution < 1.29 is 5.11 Å². The summed E-state index contributed by atoms with van der Waals surface area (Å²) in [5, 5.41) is 13.3. The Balaban J connectivity index is 1.78. The second-order valence-corrected chi connectivity index (χ2v) is 5.01. The third-order valence-corrected chi connectivity index (χ3v) is 3.34. The molecule has 0 amide bonds. The number of nitrogen functional groups attached to an aromatic ring is 1. The van der Waals surface area contributed by atoms with Crippen LogP contribution >= 0.6 is 0 Å². The summed E-state index contributed by atoms with van der Waals surface area (Å²) in [6.07, 6.45) is 4.38. The van der Waals surface area contributed by atoms with Crippen molar-refractivity contribution in [1.82, 2.24) is 29.7 Å². The number of aliphatic hydroxyl groups excluding tert-OH is 1. The fourth-order valence-electron chi connectivity index (χ4n) is 2.27. The molecule has 20 heavy (non-hydrogen) atoms. The van der Waals surface area contributed by atoms with E-state index in [-0.39, 0.29) is 12.1 Å². The van der Waals surface area contributed by atoms with E-state index in [2.05, 4.69) is 25.0 Å². The monoisotopic (exact) mass is 276 g/mol. The lowest BCUT2D eigenvalue weighted by Gasteiger charge is -2.34. The van der Waals surface area contributed by atoms with Crippen LogP contribution in [0.5, 0.6) is 0 Å². The van der Waals surface area contributed by atoms with Gasteiger partial charge in [-0.05, 0) is 18.8 Å². The van der Waals surface area contributed by atoms with Crippen LogP contribution in [-0.2, 0) is 0 Å². The first-order chi connectivity index (χ1) is 9.61. The highest BCUT2D eigenvalue weighted by molar-refractivity contribution is 5.36. The zero-order chi connectivity index (χ0) is 14.1. The van der Waals surface area contributed by atoms with Crippen LogP contribution in [0, 0.1) is 5.92 Å². The molecule has 3 N–H and O–H groups in total. The smallest absolute Gasteiger partial charge is 0.258 e. The number of hydrogen-bond acceptors (Lipinski definition) is 8. The molecule has 0 bridgehead atoms. The number of aromatic nitrogens is 6. The second-order valence-electron chi connectivity index (χ2n) is 5.01. The van der Waals surface area contributed by atoms with Gasteiger partial charge >= 0.3 is 0 Å². The van der Waals surface area contributed by atoms with Crippen LogP contribution in [0.25, 0.3) is 5.95 Å². The van der Waals surface area contributed by atoms with Gasteiger partial charge in [0.1, 0.15) is 12.7 Å². The van der Waals surface area contributed by atoms with E-state index in [1.807, 2.05) is 11.9 Å². The number of nitrogens with two attached hydrogens (primary N) is 1. The van der Waals surface area contributed by atoms with Crippen molar-refractivity contribution in [2.24, 2.45) is 5.92 Å². The fraction of sp³-hybridized carbons (Fsp3) is 0.545. The molecule has 9 nitrogen and oxygen atoms in total. The Bertz CT molecular complexity index is 580. The predicted molar refractivity (Wildman–Crippen MR) is 71.2 cm³/mol. The van der Waals surface area contributed by atoms with Crippen molar-refractivity contribution >= 4 is 11.9 Å². The molecule has 3 rings (SSSR count). The molecule has 0 aromatic carbocycles. The van der Waals surface area contributed by atoms with Crippen LogP contribution < -0.4 is 10.6 Å². The van der Waals surface area contributed by atoms with Crippen LogP contribution in [0.2, 0.25) is 0 Å². The molecule has 106 valence electrons. The van der Waals surface area contributed by atoms with Crippen LogP contribution in [0.15, 0.2) is 12.7 Å². The summed E-state index contributed by atoms with van der Waals surface area (Å²) >= 11 is 0. The lowest BCUT2D eigenvalue weighted by atomic mass is 9.82. The van der Waals surface area contributed by atoms with Gasteiger partial charge in [-0.3, -0.25) is 0 Å². The van der Waals surface area contributed by atoms with Crippen LogP contribution in [0.4, 0.5) is 11.9 Å². The van der Waals surface area contributed by atoms with Crippen molar-refractivity contribution in [3.63, 3.8) is 0 Å². The minimum atomic E-state index is -0.164. The quantitative estimate of drug-likeness (QED) is 0.748. The summed E-state index contributed by atoms with van der Waals surface area (Å²) in [6, 6.07) is 0. The zero-order valence-corrected chi connectivity index (χ0v) is 11.1. The highest BCUT2D eigenvalue weighted by Crippen LogP contribution is 2.28. The van der Waals surface area contributed by atoms with Gasteiger partial charge in [0.05, 0.1) is 6.10 Å². The molecule has 1 aliphatic rings. The maximum atomic E-state index is 9.32. The van der Waals surface area contributed by atoms with Crippen LogP contribution in [0.1, 0.15) is 12.8 Å². The van der Waals surface area contributed by atoms with Gasteiger partial charge in [0, 0.05) is 13.6 Å². The Labute approximate surface area is 115 Å². The molecule has 2 aromatic rings. The van der Waals surface area contributed by atoms with Crippen molar-refractivity contribution in [3.8, 4) is 5.95 Å². The maximum Gasteiger partial charge on any atom is 0.258 e. The van der Waals surface area contributed by atoms with E-state index in [1.54, 1.807) is 0 Å². The van der Waals surface area contributed by atoms with Crippen molar-refractivity contribution in [2.75, 3.05) is 24.2 Å². The van der Waals surface area contributed by atoms with Crippen molar-refractivity contribution in [3.05, 3.63) is 12.7 Å². The summed E-state index contributed by atoms with van der Waals surface area (Å²) in [6.45, 7) is 0.775. The molecule has 2 heterocycles. The molecule has 0 saturated heterocycles. The Morgan fingerprint density at radius 1 is 1.40 bits per heavy atom. The number of nitrogens with zero attached hydrogens (tertiary/aromatic N) is 7. The summed E-state index contributed by atoms with van der Waals surface area (Å²) in [5.41, 5.74) is 5.71. The molecular formula is C11H16N8O. The topological polar surface area (TPSA) is 119 Å². The molecule has 0 spiro atoms. The number of hydrogen-bond donors (Lipinski definition) is 2. The first-order valence-corrected chi connectivity index (χ1v) is 6.37. The lowest BCUT2D eigenvalue weighted by Crippen LogP contribution is -2.37. The van der Waals surface area contributed by atoms with Gasteiger partial charge < -0.3 is 15.7 Å². The summed E-state index contributed by atoms with van der Waals surface area (Å²) in [5.74, 6) is 1.43. The highest BCUT2D eigenvalue weighted by Gasteiger charge is 2.28. The molecule has 1 saturated carbocycles. The van der Waals surface area contributed by atoms with E-state index in [4.69, 9.17) is 5.73 Å². The van der Waals surface area contributed by atoms with E-state index in [0.29, 0.717) is 17.8 Å². The molecule has 0 aliphatic heterocycles. The molecule has 1 fully saturated rings. The van der Waals surface area contributed by atoms with E-state index in [0.717, 1.165) is 19.4 Å². The Morgan fingerprint density at radius 3 is 2.85 bits per heavy atom. The Hall–Kier alpha value is -2.29.